The van der Waals surface area contributed by atoms with Crippen LogP contribution in [0.2, 0.25) is 0 Å². The van der Waals surface area contributed by atoms with Gasteiger partial charge in [0.15, 0.2) is 0 Å². The van der Waals surface area contributed by atoms with Crippen LogP contribution in [0.4, 0.5) is 0 Å². The Bertz CT molecular complexity index is 220. The number of rotatable bonds is 3. The second-order valence-corrected chi connectivity index (χ2v) is 4.24. The summed E-state index contributed by atoms with van der Waals surface area (Å²) in [5.74, 6) is 0. The minimum atomic E-state index is 1.19. The highest BCUT2D eigenvalue weighted by atomic mass is 15.2. The van der Waals surface area contributed by atoms with E-state index in [0.717, 1.165) is 0 Å². The normalized spacial score (nSPS) is 22.6. The Hall–Kier alpha value is -0.920. The summed E-state index contributed by atoms with van der Waals surface area (Å²) in [5, 5.41) is 0. The molecule has 2 heteroatoms. The maximum absolute atomic E-state index is 4.11. The first-order valence-electron chi connectivity index (χ1n) is 5.72. The van der Waals surface area contributed by atoms with Gasteiger partial charge in [-0.25, -0.2) is 0 Å². The molecule has 14 heavy (non-hydrogen) atoms. The van der Waals surface area contributed by atoms with Crippen molar-refractivity contribution >= 4 is 0 Å². The van der Waals surface area contributed by atoms with Crippen LogP contribution in [0.15, 0.2) is 24.6 Å². The van der Waals surface area contributed by atoms with Crippen LogP contribution >= 0.6 is 0 Å². The van der Waals surface area contributed by atoms with Crippen LogP contribution in [0, 0.1) is 0 Å². The largest absolute Gasteiger partial charge is 0.377 e. The highest BCUT2D eigenvalue weighted by molar-refractivity contribution is 5.14. The lowest BCUT2D eigenvalue weighted by molar-refractivity contribution is 0.433. The molecule has 0 spiro atoms. The molecular weight excluding hydrogens is 172 g/mol. The molecule has 0 aromatic heterocycles. The van der Waals surface area contributed by atoms with Crippen LogP contribution in [-0.2, 0) is 0 Å². The van der Waals surface area contributed by atoms with Crippen molar-refractivity contribution in [2.45, 2.75) is 25.7 Å². The molecule has 0 saturated carbocycles. The fraction of sp³-hybridized carbons (Fsp3) is 0.667. The summed E-state index contributed by atoms with van der Waals surface area (Å²) in [6.45, 7) is 8.96. The van der Waals surface area contributed by atoms with Gasteiger partial charge in [0.05, 0.1) is 0 Å². The molecule has 0 radical (unpaired) electrons. The standard InChI is InChI=1S/C12H20N2/c1-12(14-9-4-5-10-14)6-11-13-7-2-3-8-13/h6,11H,1-5,7-10H2/b11-6+. The minimum Gasteiger partial charge on any atom is -0.377 e. The third-order valence-corrected chi connectivity index (χ3v) is 3.13. The van der Waals surface area contributed by atoms with Gasteiger partial charge in [0, 0.05) is 38.1 Å². The van der Waals surface area contributed by atoms with Crippen molar-refractivity contribution in [2.24, 2.45) is 0 Å². The van der Waals surface area contributed by atoms with Gasteiger partial charge in [0.2, 0.25) is 0 Å². The molecule has 0 unspecified atom stereocenters. The smallest absolute Gasteiger partial charge is 0.0307 e. The second kappa shape index (κ2) is 4.54. The van der Waals surface area contributed by atoms with Crippen LogP contribution in [0.1, 0.15) is 25.7 Å². The number of hydrogen-bond acceptors (Lipinski definition) is 2. The summed E-state index contributed by atoms with van der Waals surface area (Å²) >= 11 is 0. The molecule has 2 fully saturated rings. The van der Waals surface area contributed by atoms with Crippen molar-refractivity contribution in [3.8, 4) is 0 Å². The lowest BCUT2D eigenvalue weighted by atomic mass is 10.4. The number of hydrogen-bond donors (Lipinski definition) is 0. The molecule has 0 amide bonds. The monoisotopic (exact) mass is 192 g/mol. The molecule has 2 saturated heterocycles. The van der Waals surface area contributed by atoms with Gasteiger partial charge in [-0.05, 0) is 31.8 Å². The molecule has 2 nitrogen and oxygen atoms in total. The van der Waals surface area contributed by atoms with E-state index in [2.05, 4.69) is 28.7 Å². The van der Waals surface area contributed by atoms with E-state index in [0.29, 0.717) is 0 Å². The highest BCUT2D eigenvalue weighted by Gasteiger charge is 2.11. The predicted octanol–water partition coefficient (Wildman–Crippen LogP) is 2.21. The fourth-order valence-electron chi connectivity index (χ4n) is 2.19. The third kappa shape index (κ3) is 2.31. The topological polar surface area (TPSA) is 6.48 Å². The third-order valence-electron chi connectivity index (χ3n) is 3.13. The maximum atomic E-state index is 4.11. The number of nitrogens with zero attached hydrogens (tertiary/aromatic N) is 2. The molecule has 0 bridgehead atoms. The summed E-state index contributed by atoms with van der Waals surface area (Å²) in [6.07, 6.45) is 9.75. The first kappa shape index (κ1) is 9.63. The van der Waals surface area contributed by atoms with E-state index in [1.807, 2.05) is 0 Å². The van der Waals surface area contributed by atoms with Crippen molar-refractivity contribution in [1.29, 1.82) is 0 Å². The van der Waals surface area contributed by atoms with Gasteiger partial charge in [0.1, 0.15) is 0 Å². The zero-order valence-corrected chi connectivity index (χ0v) is 8.91. The van der Waals surface area contributed by atoms with Crippen molar-refractivity contribution in [2.75, 3.05) is 26.2 Å². The Kier molecular flexibility index (Phi) is 3.12. The van der Waals surface area contributed by atoms with Gasteiger partial charge in [-0.2, -0.15) is 0 Å². The fourth-order valence-corrected chi connectivity index (χ4v) is 2.19. The SMILES string of the molecule is C=C(/C=C/N1CCCC1)N1CCCC1. The Balaban J connectivity index is 1.80. The molecule has 0 aromatic rings. The van der Waals surface area contributed by atoms with Crippen molar-refractivity contribution < 1.29 is 0 Å². The van der Waals surface area contributed by atoms with E-state index >= 15 is 0 Å². The molecule has 0 N–H and O–H groups in total. The van der Waals surface area contributed by atoms with E-state index in [9.17, 15) is 0 Å². The quantitative estimate of drug-likeness (QED) is 0.633. The molecule has 0 atom stereocenters. The lowest BCUT2D eigenvalue weighted by Gasteiger charge is -2.18. The Morgan fingerprint density at radius 2 is 1.50 bits per heavy atom. The summed E-state index contributed by atoms with van der Waals surface area (Å²) < 4.78 is 0. The molecule has 0 aromatic carbocycles. The van der Waals surface area contributed by atoms with E-state index in [1.165, 1.54) is 57.6 Å². The first-order valence-corrected chi connectivity index (χ1v) is 5.72. The molecular formula is C12H20N2. The van der Waals surface area contributed by atoms with E-state index in [4.69, 9.17) is 0 Å². The van der Waals surface area contributed by atoms with Gasteiger partial charge >= 0.3 is 0 Å². The Labute approximate surface area is 86.9 Å². The number of likely N-dealkylation sites (tertiary alicyclic amines) is 2. The van der Waals surface area contributed by atoms with E-state index < -0.39 is 0 Å². The predicted molar refractivity (Wildman–Crippen MR) is 59.9 cm³/mol. The van der Waals surface area contributed by atoms with E-state index in [1.54, 1.807) is 0 Å². The van der Waals surface area contributed by atoms with Gasteiger partial charge in [-0.15, -0.1) is 0 Å². The molecule has 2 aliphatic heterocycles. The zero-order valence-electron chi connectivity index (χ0n) is 8.91. The summed E-state index contributed by atoms with van der Waals surface area (Å²) in [7, 11) is 0. The lowest BCUT2D eigenvalue weighted by Crippen LogP contribution is -2.17. The van der Waals surface area contributed by atoms with Crippen LogP contribution in [-0.4, -0.2) is 36.0 Å². The van der Waals surface area contributed by atoms with Gasteiger partial charge in [-0.1, -0.05) is 6.58 Å². The van der Waals surface area contributed by atoms with Crippen LogP contribution in [0.3, 0.4) is 0 Å². The molecule has 2 heterocycles. The second-order valence-electron chi connectivity index (χ2n) is 4.24. The van der Waals surface area contributed by atoms with Gasteiger partial charge < -0.3 is 9.80 Å². The summed E-state index contributed by atoms with van der Waals surface area (Å²) in [4.78, 5) is 4.77. The van der Waals surface area contributed by atoms with Gasteiger partial charge in [-0.3, -0.25) is 0 Å². The van der Waals surface area contributed by atoms with Crippen molar-refractivity contribution in [3.05, 3.63) is 24.6 Å². The first-order chi connectivity index (χ1) is 6.86. The average molecular weight is 192 g/mol. The van der Waals surface area contributed by atoms with Crippen LogP contribution < -0.4 is 0 Å². The van der Waals surface area contributed by atoms with Crippen molar-refractivity contribution in [1.82, 2.24) is 9.80 Å². The highest BCUT2D eigenvalue weighted by Crippen LogP contribution is 2.15. The van der Waals surface area contributed by atoms with Crippen LogP contribution in [0.25, 0.3) is 0 Å². The van der Waals surface area contributed by atoms with Gasteiger partial charge in [0.25, 0.3) is 0 Å². The maximum Gasteiger partial charge on any atom is 0.0307 e. The van der Waals surface area contributed by atoms with Crippen molar-refractivity contribution in [3.63, 3.8) is 0 Å². The Morgan fingerprint density at radius 1 is 0.929 bits per heavy atom. The van der Waals surface area contributed by atoms with Crippen LogP contribution in [0.5, 0.6) is 0 Å². The number of allylic oxidation sites excluding steroid dienone is 1. The zero-order chi connectivity index (χ0) is 9.80. The minimum absolute atomic E-state index is 1.19. The average Bonchev–Trinajstić information content (AvgIpc) is 2.87. The molecule has 2 aliphatic rings. The van der Waals surface area contributed by atoms with E-state index in [-0.39, 0.29) is 0 Å². The Morgan fingerprint density at radius 3 is 2.14 bits per heavy atom. The molecule has 0 aliphatic carbocycles. The summed E-state index contributed by atoms with van der Waals surface area (Å²) in [5.41, 5.74) is 1.19. The summed E-state index contributed by atoms with van der Waals surface area (Å²) in [6, 6.07) is 0. The molecule has 78 valence electrons. The molecule has 2 rings (SSSR count).